The molecule has 2 aliphatic rings. The lowest BCUT2D eigenvalue weighted by Gasteiger charge is -2.59. The minimum Gasteiger partial charge on any atom is -0.469 e. The zero-order valence-electron chi connectivity index (χ0n) is 28.5. The number of methoxy groups -OCH3 is 2. The Labute approximate surface area is 272 Å². The van der Waals surface area contributed by atoms with Crippen molar-refractivity contribution in [1.29, 1.82) is 0 Å². The highest BCUT2D eigenvalue weighted by Gasteiger charge is 2.56. The minimum atomic E-state index is -2.00. The molecule has 3 rings (SSSR count). The van der Waals surface area contributed by atoms with Crippen LogP contribution in [0.1, 0.15) is 90.9 Å². The average molecular weight is 653 g/mol. The molecule has 43 heavy (non-hydrogen) atoms. The smallest absolute Gasteiger partial charge is 0.220 e. The van der Waals surface area contributed by atoms with Gasteiger partial charge in [-0.25, -0.2) is 0 Å². The Hall–Kier alpha value is -1.10. The molecule has 0 aromatic heterocycles. The van der Waals surface area contributed by atoms with Gasteiger partial charge in [-0.05, 0) is 96.7 Å². The Balaban J connectivity index is 2.23. The highest BCUT2D eigenvalue weighted by Crippen LogP contribution is 2.64. The summed E-state index contributed by atoms with van der Waals surface area (Å²) in [4.78, 5) is 0. The third kappa shape index (κ3) is 8.19. The largest absolute Gasteiger partial charge is 0.469 e. The molecule has 0 aliphatic heterocycles. The molecule has 1 aromatic carbocycles. The van der Waals surface area contributed by atoms with Gasteiger partial charge in [-0.2, -0.15) is 0 Å². The Kier molecular flexibility index (Phi) is 12.3. The van der Waals surface area contributed by atoms with E-state index >= 15 is 0 Å². The first-order chi connectivity index (χ1) is 20.0. The number of benzene rings is 1. The summed E-state index contributed by atoms with van der Waals surface area (Å²) < 4.78 is 37.4. The SMILES string of the molecule is C=C1CC[C@H]2C(C)(C)CCC[C@]2(C)[C@H]1C(OC(=S)SC)c1c(OCOC)cc(CO[Si](C)(C)C(C)(C)C)cc1OCOC. The maximum Gasteiger partial charge on any atom is 0.220 e. The molecule has 1 aromatic rings. The van der Waals surface area contributed by atoms with Crippen LogP contribution >= 0.6 is 24.0 Å². The van der Waals surface area contributed by atoms with Gasteiger partial charge >= 0.3 is 0 Å². The number of ether oxygens (including phenoxy) is 5. The van der Waals surface area contributed by atoms with Crippen LogP contribution in [0.15, 0.2) is 24.3 Å². The zero-order chi connectivity index (χ0) is 32.2. The monoisotopic (exact) mass is 652 g/mol. The van der Waals surface area contributed by atoms with Gasteiger partial charge in [0.1, 0.15) is 17.6 Å². The van der Waals surface area contributed by atoms with E-state index < -0.39 is 14.4 Å². The predicted molar refractivity (Wildman–Crippen MR) is 184 cm³/mol. The Morgan fingerprint density at radius 1 is 1.07 bits per heavy atom. The second kappa shape index (κ2) is 14.5. The van der Waals surface area contributed by atoms with Crippen LogP contribution in [-0.4, -0.2) is 46.8 Å². The van der Waals surface area contributed by atoms with Crippen LogP contribution in [0.5, 0.6) is 11.5 Å². The number of hydrogen-bond donors (Lipinski definition) is 0. The van der Waals surface area contributed by atoms with Crippen molar-refractivity contribution in [2.45, 2.75) is 104 Å². The van der Waals surface area contributed by atoms with Crippen LogP contribution in [0.3, 0.4) is 0 Å². The molecule has 0 heterocycles. The fourth-order valence-corrected chi connectivity index (χ4v) is 8.46. The van der Waals surface area contributed by atoms with Crippen molar-refractivity contribution in [1.82, 2.24) is 0 Å². The number of thioether (sulfide) groups is 1. The minimum absolute atomic E-state index is 0.0139. The van der Waals surface area contributed by atoms with Crippen LogP contribution in [0.2, 0.25) is 18.1 Å². The van der Waals surface area contributed by atoms with Crippen LogP contribution in [0.4, 0.5) is 0 Å². The fraction of sp³-hybridized carbons (Fsp3) is 0.735. The molecule has 1 unspecified atom stereocenters. The van der Waals surface area contributed by atoms with Gasteiger partial charge in [0.2, 0.25) is 4.38 Å². The second-order valence-corrected chi connectivity index (χ2v) is 20.9. The number of hydrogen-bond acceptors (Lipinski definition) is 8. The van der Waals surface area contributed by atoms with Gasteiger partial charge in [0, 0.05) is 20.1 Å². The van der Waals surface area contributed by atoms with Crippen LogP contribution in [0, 0.1) is 22.7 Å². The van der Waals surface area contributed by atoms with Crippen molar-refractivity contribution >= 4 is 36.7 Å². The Morgan fingerprint density at radius 3 is 2.16 bits per heavy atom. The summed E-state index contributed by atoms with van der Waals surface area (Å²) in [5.41, 5.74) is 3.18. The van der Waals surface area contributed by atoms with Crippen LogP contribution < -0.4 is 9.47 Å². The fourth-order valence-electron chi connectivity index (χ4n) is 7.20. The van der Waals surface area contributed by atoms with Crippen molar-refractivity contribution in [2.24, 2.45) is 22.7 Å². The van der Waals surface area contributed by atoms with E-state index in [4.69, 9.17) is 40.3 Å². The van der Waals surface area contributed by atoms with E-state index in [1.54, 1.807) is 14.2 Å². The van der Waals surface area contributed by atoms with E-state index in [9.17, 15) is 0 Å². The molecular weight excluding hydrogens is 597 g/mol. The standard InChI is InChI=1S/C34H56O6S2Si/c1-23-14-15-27-33(5,6)16-13-17-34(27,7)29(23)30(40-31(41)42-10)28-25(37-21-35-8)18-24(19-26(28)38-22-36-9)20-39-43(11,12)32(2,3)4/h18-19,27,29-30H,1,13-17,20-22H2,2-12H3/t27-,29+,30?,34-/m0/s1. The molecular formula is C34H56O6S2Si. The van der Waals surface area contributed by atoms with Crippen molar-refractivity contribution in [3.05, 3.63) is 35.4 Å². The van der Waals surface area contributed by atoms with Crippen molar-refractivity contribution in [3.8, 4) is 11.5 Å². The summed E-state index contributed by atoms with van der Waals surface area (Å²) in [7, 11) is 1.25. The highest BCUT2D eigenvalue weighted by atomic mass is 32.2. The highest BCUT2D eigenvalue weighted by molar-refractivity contribution is 8.22. The molecule has 244 valence electrons. The lowest BCUT2D eigenvalue weighted by Crippen LogP contribution is -2.51. The topological polar surface area (TPSA) is 55.4 Å². The summed E-state index contributed by atoms with van der Waals surface area (Å²) in [5.74, 6) is 1.83. The predicted octanol–water partition coefficient (Wildman–Crippen LogP) is 9.68. The molecule has 2 fully saturated rings. The molecule has 0 bridgehead atoms. The van der Waals surface area contributed by atoms with Crippen molar-refractivity contribution in [2.75, 3.05) is 34.1 Å². The third-order valence-corrected chi connectivity index (χ3v) is 15.9. The molecule has 6 nitrogen and oxygen atoms in total. The van der Waals surface area contributed by atoms with Crippen molar-refractivity contribution < 1.29 is 28.1 Å². The average Bonchev–Trinajstić information content (AvgIpc) is 2.91. The van der Waals surface area contributed by atoms with Gasteiger partial charge in [-0.15, -0.1) is 0 Å². The zero-order valence-corrected chi connectivity index (χ0v) is 31.1. The second-order valence-electron chi connectivity index (χ2n) is 14.7. The van der Waals surface area contributed by atoms with Crippen LogP contribution in [-0.2, 0) is 25.2 Å². The van der Waals surface area contributed by atoms with Gasteiger partial charge < -0.3 is 28.1 Å². The maximum absolute atomic E-state index is 6.79. The summed E-state index contributed by atoms with van der Waals surface area (Å²) in [5, 5.41) is 0.0885. The van der Waals surface area contributed by atoms with Gasteiger partial charge in [0.15, 0.2) is 21.9 Å². The molecule has 9 heteroatoms. The molecule has 0 radical (unpaired) electrons. The van der Waals surface area contributed by atoms with Gasteiger partial charge in [0.25, 0.3) is 0 Å². The maximum atomic E-state index is 6.79. The summed E-state index contributed by atoms with van der Waals surface area (Å²) in [6.45, 7) is 23.8. The first-order valence-corrected chi connectivity index (χ1v) is 20.0. The van der Waals surface area contributed by atoms with E-state index in [1.807, 2.05) is 6.26 Å². The molecule has 2 aliphatic carbocycles. The van der Waals surface area contributed by atoms with Gasteiger partial charge in [-0.3, -0.25) is 0 Å². The summed E-state index contributed by atoms with van der Waals surface area (Å²) in [6, 6.07) is 4.10. The number of rotatable bonds is 12. The summed E-state index contributed by atoms with van der Waals surface area (Å²) in [6.07, 6.45) is 7.11. The van der Waals surface area contributed by atoms with E-state index in [-0.39, 0.29) is 35.4 Å². The molecule has 0 amide bonds. The molecule has 4 atom stereocenters. The first kappa shape index (κ1) is 36.4. The third-order valence-electron chi connectivity index (χ3n) is 10.4. The lowest BCUT2D eigenvalue weighted by atomic mass is 9.46. The normalized spacial score (nSPS) is 24.7. The Bertz CT molecular complexity index is 1100. The van der Waals surface area contributed by atoms with Gasteiger partial charge in [0.05, 0.1) is 12.2 Å². The number of fused-ring (bicyclic) bond motifs is 1. The van der Waals surface area contributed by atoms with E-state index in [0.29, 0.717) is 28.4 Å². The van der Waals surface area contributed by atoms with Gasteiger partial charge in [-0.1, -0.05) is 71.9 Å². The molecule has 0 N–H and O–H groups in total. The molecule has 0 saturated heterocycles. The van der Waals surface area contributed by atoms with E-state index in [1.165, 1.54) is 30.2 Å². The summed E-state index contributed by atoms with van der Waals surface area (Å²) >= 11 is 7.17. The molecule has 2 saturated carbocycles. The van der Waals surface area contributed by atoms with E-state index in [2.05, 4.69) is 73.3 Å². The van der Waals surface area contributed by atoms with Crippen molar-refractivity contribution in [3.63, 3.8) is 0 Å². The Morgan fingerprint density at radius 2 is 1.65 bits per heavy atom. The number of thiocarbonyl (C=S) groups is 1. The van der Waals surface area contributed by atoms with Crippen LogP contribution in [0.25, 0.3) is 0 Å². The first-order valence-electron chi connectivity index (χ1n) is 15.5. The molecule has 0 spiro atoms. The van der Waals surface area contributed by atoms with E-state index in [0.717, 1.165) is 30.4 Å². The lowest BCUT2D eigenvalue weighted by molar-refractivity contribution is -0.0861. The quantitative estimate of drug-likeness (QED) is 0.0958.